The van der Waals surface area contributed by atoms with E-state index >= 15 is 0 Å². The molecule has 0 radical (unpaired) electrons. The van der Waals surface area contributed by atoms with E-state index in [-0.39, 0.29) is 13.5 Å². The summed E-state index contributed by atoms with van der Waals surface area (Å²) in [6.45, 7) is 0.0569. The lowest BCUT2D eigenvalue weighted by Gasteiger charge is -2.18. The Bertz CT molecular complexity index is 236. The molecule has 0 atom stereocenters. The fourth-order valence-corrected chi connectivity index (χ4v) is 1.46. The Kier molecular flexibility index (Phi) is 8.67. The molecule has 0 fully saturated rings. The summed E-state index contributed by atoms with van der Waals surface area (Å²) in [5, 5.41) is 17.6. The molecule has 0 spiro atoms. The van der Waals surface area contributed by atoms with E-state index in [1.54, 1.807) is 0 Å². The number of nitrogens with zero attached hydrogens (tertiary/aromatic N) is 2. The number of aliphatic hydroxyl groups excluding tert-OH is 2. The van der Waals surface area contributed by atoms with E-state index in [1.807, 2.05) is 0 Å². The highest BCUT2D eigenvalue weighted by Gasteiger charge is 2.08. The van der Waals surface area contributed by atoms with E-state index in [4.69, 9.17) is 21.7 Å². The molecule has 6 N–H and O–H groups in total. The third-order valence-corrected chi connectivity index (χ3v) is 2.57. The SMILES string of the molecule is NC(=O)N(CO)CCCCCCN(CO)C(N)=O. The zero-order chi connectivity index (χ0) is 14.0. The van der Waals surface area contributed by atoms with E-state index < -0.39 is 12.1 Å². The third kappa shape index (κ3) is 6.92. The summed E-state index contributed by atoms with van der Waals surface area (Å²) in [6.07, 6.45) is 3.11. The fourth-order valence-electron chi connectivity index (χ4n) is 1.46. The van der Waals surface area contributed by atoms with Crippen LogP contribution in [0, 0.1) is 0 Å². The molecule has 0 unspecified atom stereocenters. The van der Waals surface area contributed by atoms with Crippen molar-refractivity contribution in [1.29, 1.82) is 0 Å². The van der Waals surface area contributed by atoms with Crippen molar-refractivity contribution >= 4 is 12.1 Å². The quantitative estimate of drug-likeness (QED) is 0.320. The fraction of sp³-hybridized carbons (Fsp3) is 0.800. The number of hydrogen-bond acceptors (Lipinski definition) is 4. The zero-order valence-corrected chi connectivity index (χ0v) is 10.4. The van der Waals surface area contributed by atoms with Crippen molar-refractivity contribution < 1.29 is 19.8 Å². The maximum Gasteiger partial charge on any atom is 0.316 e. The van der Waals surface area contributed by atoms with E-state index in [0.29, 0.717) is 13.1 Å². The van der Waals surface area contributed by atoms with E-state index in [9.17, 15) is 9.59 Å². The molecule has 0 heterocycles. The molecule has 106 valence electrons. The topological polar surface area (TPSA) is 133 Å². The first kappa shape index (κ1) is 16.5. The summed E-state index contributed by atoms with van der Waals surface area (Å²) in [7, 11) is 0. The number of primary amides is 2. The Morgan fingerprint density at radius 3 is 1.33 bits per heavy atom. The summed E-state index contributed by atoms with van der Waals surface area (Å²) in [4.78, 5) is 23.8. The van der Waals surface area contributed by atoms with E-state index in [2.05, 4.69) is 0 Å². The van der Waals surface area contributed by atoms with Gasteiger partial charge in [-0.05, 0) is 12.8 Å². The van der Waals surface area contributed by atoms with Crippen LogP contribution in [0.1, 0.15) is 25.7 Å². The minimum atomic E-state index is -0.641. The van der Waals surface area contributed by atoms with Crippen molar-refractivity contribution in [2.45, 2.75) is 25.7 Å². The highest BCUT2D eigenvalue weighted by atomic mass is 16.3. The standard InChI is InChI=1S/C10H22N4O4/c11-9(17)13(7-15)5-3-1-2-4-6-14(8-16)10(12)18/h15-16H,1-8H2,(H2,11,17)(H2,12,18). The van der Waals surface area contributed by atoms with Crippen LogP contribution < -0.4 is 11.5 Å². The molecule has 0 aromatic rings. The van der Waals surface area contributed by atoms with Gasteiger partial charge >= 0.3 is 12.1 Å². The van der Waals surface area contributed by atoms with Crippen molar-refractivity contribution in [3.8, 4) is 0 Å². The number of unbranched alkanes of at least 4 members (excludes halogenated alkanes) is 3. The largest absolute Gasteiger partial charge is 0.376 e. The van der Waals surface area contributed by atoms with Gasteiger partial charge in [-0.3, -0.25) is 0 Å². The van der Waals surface area contributed by atoms with Gasteiger partial charge in [0.05, 0.1) is 0 Å². The summed E-state index contributed by atoms with van der Waals surface area (Å²) in [5.74, 6) is 0. The summed E-state index contributed by atoms with van der Waals surface area (Å²) in [5.41, 5.74) is 10.0. The van der Waals surface area contributed by atoms with Gasteiger partial charge in [0.15, 0.2) is 0 Å². The lowest BCUT2D eigenvalue weighted by molar-refractivity contribution is 0.123. The van der Waals surface area contributed by atoms with Crippen molar-refractivity contribution in [1.82, 2.24) is 9.80 Å². The lowest BCUT2D eigenvalue weighted by atomic mass is 10.2. The van der Waals surface area contributed by atoms with E-state index in [0.717, 1.165) is 35.5 Å². The third-order valence-electron chi connectivity index (χ3n) is 2.57. The van der Waals surface area contributed by atoms with Crippen LogP contribution in [0.3, 0.4) is 0 Å². The van der Waals surface area contributed by atoms with E-state index in [1.165, 1.54) is 0 Å². The van der Waals surface area contributed by atoms with Gasteiger partial charge in [-0.1, -0.05) is 12.8 Å². The number of urea groups is 2. The highest BCUT2D eigenvalue weighted by Crippen LogP contribution is 2.03. The van der Waals surface area contributed by atoms with Gasteiger partial charge in [0.25, 0.3) is 0 Å². The highest BCUT2D eigenvalue weighted by molar-refractivity contribution is 5.72. The van der Waals surface area contributed by atoms with Gasteiger partial charge in [-0.15, -0.1) is 0 Å². The molecule has 0 saturated heterocycles. The predicted octanol–water partition coefficient (Wildman–Crippen LogP) is -0.792. The summed E-state index contributed by atoms with van der Waals surface area (Å²) >= 11 is 0. The van der Waals surface area contributed by atoms with Crippen LogP contribution in [0.2, 0.25) is 0 Å². The Labute approximate surface area is 106 Å². The van der Waals surface area contributed by atoms with Crippen molar-refractivity contribution in [3.05, 3.63) is 0 Å². The Balaban J connectivity index is 3.56. The zero-order valence-electron chi connectivity index (χ0n) is 10.4. The molecule has 0 saturated carbocycles. The molecule has 8 nitrogen and oxygen atoms in total. The van der Waals surface area contributed by atoms with Crippen LogP contribution >= 0.6 is 0 Å². The molecule has 0 aromatic heterocycles. The molecule has 0 aliphatic carbocycles. The number of rotatable bonds is 9. The Hall–Kier alpha value is -1.54. The Morgan fingerprint density at radius 1 is 0.778 bits per heavy atom. The second kappa shape index (κ2) is 9.49. The molecule has 0 aliphatic rings. The number of amides is 4. The van der Waals surface area contributed by atoms with Crippen LogP contribution in [-0.2, 0) is 0 Å². The molecule has 0 bridgehead atoms. The first-order valence-electron chi connectivity index (χ1n) is 5.83. The van der Waals surface area contributed by atoms with Crippen LogP contribution in [-0.4, -0.2) is 58.6 Å². The second-order valence-electron chi connectivity index (χ2n) is 3.90. The van der Waals surface area contributed by atoms with Gasteiger partial charge in [0, 0.05) is 13.1 Å². The molecule has 4 amide bonds. The number of carbonyl (C=O) groups excluding carboxylic acids is 2. The van der Waals surface area contributed by atoms with Gasteiger partial charge in [0.1, 0.15) is 13.5 Å². The average Bonchev–Trinajstić information content (AvgIpc) is 2.32. The van der Waals surface area contributed by atoms with Crippen molar-refractivity contribution in [2.75, 3.05) is 26.6 Å². The second-order valence-corrected chi connectivity index (χ2v) is 3.90. The summed E-state index contributed by atoms with van der Waals surface area (Å²) < 4.78 is 0. The molecule has 0 rings (SSSR count). The lowest BCUT2D eigenvalue weighted by Crippen LogP contribution is -2.37. The first-order chi connectivity index (χ1) is 8.52. The molecule has 8 heteroatoms. The van der Waals surface area contributed by atoms with Gasteiger partial charge in [-0.2, -0.15) is 0 Å². The monoisotopic (exact) mass is 262 g/mol. The molecule has 0 aromatic carbocycles. The smallest absolute Gasteiger partial charge is 0.316 e. The van der Waals surface area contributed by atoms with Crippen molar-refractivity contribution in [2.24, 2.45) is 11.5 Å². The van der Waals surface area contributed by atoms with Crippen LogP contribution in [0.5, 0.6) is 0 Å². The molecular weight excluding hydrogens is 240 g/mol. The number of nitrogens with two attached hydrogens (primary N) is 2. The van der Waals surface area contributed by atoms with Crippen LogP contribution in [0.15, 0.2) is 0 Å². The van der Waals surface area contributed by atoms with Crippen LogP contribution in [0.25, 0.3) is 0 Å². The van der Waals surface area contributed by atoms with Crippen LogP contribution in [0.4, 0.5) is 9.59 Å². The number of carbonyl (C=O) groups is 2. The Morgan fingerprint density at radius 2 is 1.11 bits per heavy atom. The molecular formula is C10H22N4O4. The normalized spacial score (nSPS) is 10.1. The van der Waals surface area contributed by atoms with Gasteiger partial charge < -0.3 is 31.5 Å². The predicted molar refractivity (Wildman–Crippen MR) is 65.2 cm³/mol. The number of aliphatic hydroxyl groups is 2. The first-order valence-corrected chi connectivity index (χ1v) is 5.83. The average molecular weight is 262 g/mol. The van der Waals surface area contributed by atoms with Crippen molar-refractivity contribution in [3.63, 3.8) is 0 Å². The van der Waals surface area contributed by atoms with Gasteiger partial charge in [0.2, 0.25) is 0 Å². The maximum atomic E-state index is 10.8. The minimum absolute atomic E-state index is 0.380. The maximum absolute atomic E-state index is 10.8. The molecule has 18 heavy (non-hydrogen) atoms. The molecule has 0 aliphatic heterocycles. The summed E-state index contributed by atoms with van der Waals surface area (Å²) in [6, 6.07) is -1.28. The van der Waals surface area contributed by atoms with Gasteiger partial charge in [-0.25, -0.2) is 9.59 Å². The number of hydrogen-bond donors (Lipinski definition) is 4. The minimum Gasteiger partial charge on any atom is -0.376 e.